The normalized spacial score (nSPS) is 11.2. The number of thiocarbonyl (C=S) groups is 1. The van der Waals surface area contributed by atoms with E-state index in [1.807, 2.05) is 25.1 Å². The van der Waals surface area contributed by atoms with Crippen LogP contribution in [-0.2, 0) is 14.8 Å². The number of nitrogens with one attached hydrogen (secondary N) is 3. The molecule has 3 N–H and O–H groups in total. The van der Waals surface area contributed by atoms with Gasteiger partial charge in [0.15, 0.2) is 5.11 Å². The first kappa shape index (κ1) is 25.8. The molecular formula is C24H25N5O4S2. The summed E-state index contributed by atoms with van der Waals surface area (Å²) in [6, 6.07) is 13.2. The first-order valence-corrected chi connectivity index (χ1v) is 12.3. The number of anilines is 2. The second-order valence-corrected chi connectivity index (χ2v) is 9.70. The van der Waals surface area contributed by atoms with E-state index in [4.69, 9.17) is 17.0 Å². The molecule has 2 aromatic carbocycles. The van der Waals surface area contributed by atoms with Gasteiger partial charge in [-0.25, -0.2) is 23.1 Å². The Kier molecular flexibility index (Phi) is 8.15. The summed E-state index contributed by atoms with van der Waals surface area (Å²) in [7, 11) is -2.29. The minimum absolute atomic E-state index is 0.00530. The highest BCUT2D eigenvalue weighted by molar-refractivity contribution is 7.92. The van der Waals surface area contributed by atoms with Crippen molar-refractivity contribution in [3.8, 4) is 5.75 Å². The molecule has 0 saturated heterocycles. The van der Waals surface area contributed by atoms with Crippen molar-refractivity contribution < 1.29 is 17.9 Å². The van der Waals surface area contributed by atoms with E-state index >= 15 is 0 Å². The number of carbonyl (C=O) groups is 1. The molecule has 11 heteroatoms. The molecular weight excluding hydrogens is 486 g/mol. The molecule has 0 aliphatic heterocycles. The van der Waals surface area contributed by atoms with Gasteiger partial charge in [0.2, 0.25) is 11.9 Å². The lowest BCUT2D eigenvalue weighted by Gasteiger charge is -2.10. The van der Waals surface area contributed by atoms with Crippen LogP contribution in [0, 0.1) is 20.8 Å². The van der Waals surface area contributed by atoms with Gasteiger partial charge in [0, 0.05) is 23.2 Å². The highest BCUT2D eigenvalue weighted by atomic mass is 32.2. The van der Waals surface area contributed by atoms with Crippen molar-refractivity contribution in [1.82, 2.24) is 15.3 Å². The fraction of sp³-hybridized carbons (Fsp3) is 0.167. The molecule has 0 bridgehead atoms. The van der Waals surface area contributed by atoms with E-state index < -0.39 is 15.9 Å². The molecule has 1 aromatic heterocycles. The third-order valence-corrected chi connectivity index (χ3v) is 6.27. The molecule has 9 nitrogen and oxygen atoms in total. The maximum absolute atomic E-state index is 12.6. The minimum atomic E-state index is -3.88. The number of benzene rings is 2. The van der Waals surface area contributed by atoms with Crippen molar-refractivity contribution in [1.29, 1.82) is 0 Å². The molecule has 0 spiro atoms. The summed E-state index contributed by atoms with van der Waals surface area (Å²) in [4.78, 5) is 20.4. The summed E-state index contributed by atoms with van der Waals surface area (Å²) in [5, 5.41) is 5.46. The number of sulfonamides is 1. The summed E-state index contributed by atoms with van der Waals surface area (Å²) in [5.74, 6) is 0.316. The van der Waals surface area contributed by atoms with Gasteiger partial charge in [0.1, 0.15) is 5.75 Å². The molecule has 0 fully saturated rings. The highest BCUT2D eigenvalue weighted by Gasteiger charge is 2.16. The number of nitrogens with zero attached hydrogens (tertiary/aromatic N) is 2. The second-order valence-electron chi connectivity index (χ2n) is 7.61. The molecule has 182 valence electrons. The van der Waals surface area contributed by atoms with Gasteiger partial charge >= 0.3 is 0 Å². The first-order valence-electron chi connectivity index (χ1n) is 10.5. The smallest absolute Gasteiger partial charge is 0.264 e. The van der Waals surface area contributed by atoms with Gasteiger partial charge in [-0.2, -0.15) is 0 Å². The standard InChI is InChI=1S/C24H25N5O4S2/c1-15-5-6-18(14-21(15)33-4)7-12-22(30)28-24(34)27-19-8-10-20(11-9-19)35(31,32)29-23-25-16(2)13-17(3)26-23/h5-14H,1-4H3,(H,25,26,29)(H2,27,28,30,34)/b12-7+. The van der Waals surface area contributed by atoms with E-state index in [1.54, 1.807) is 33.1 Å². The maximum atomic E-state index is 12.6. The number of ether oxygens (including phenoxy) is 1. The first-order chi connectivity index (χ1) is 16.6. The number of aromatic nitrogens is 2. The van der Waals surface area contributed by atoms with Crippen molar-refractivity contribution in [3.63, 3.8) is 0 Å². The number of rotatable bonds is 7. The van der Waals surface area contributed by atoms with E-state index in [-0.39, 0.29) is 16.0 Å². The Labute approximate surface area is 209 Å². The fourth-order valence-electron chi connectivity index (χ4n) is 3.10. The van der Waals surface area contributed by atoms with Crippen molar-refractivity contribution >= 4 is 51.0 Å². The van der Waals surface area contributed by atoms with Crippen LogP contribution in [0.5, 0.6) is 5.75 Å². The molecule has 0 unspecified atom stereocenters. The van der Waals surface area contributed by atoms with Crippen LogP contribution in [-0.4, -0.2) is 36.5 Å². The van der Waals surface area contributed by atoms with Gasteiger partial charge in [-0.05, 0) is 86.6 Å². The van der Waals surface area contributed by atoms with Crippen LogP contribution in [0.25, 0.3) is 6.08 Å². The lowest BCUT2D eigenvalue weighted by molar-refractivity contribution is -0.115. The Morgan fingerprint density at radius 1 is 1.00 bits per heavy atom. The maximum Gasteiger partial charge on any atom is 0.264 e. The summed E-state index contributed by atoms with van der Waals surface area (Å²) >= 11 is 5.17. The third kappa shape index (κ3) is 7.33. The summed E-state index contributed by atoms with van der Waals surface area (Å²) in [5.41, 5.74) is 3.60. The van der Waals surface area contributed by atoms with Gasteiger partial charge in [0.25, 0.3) is 10.0 Å². The van der Waals surface area contributed by atoms with E-state index in [0.717, 1.165) is 16.9 Å². The zero-order valence-corrected chi connectivity index (χ0v) is 21.3. The van der Waals surface area contributed by atoms with Gasteiger partial charge in [-0.1, -0.05) is 12.1 Å². The molecule has 35 heavy (non-hydrogen) atoms. The van der Waals surface area contributed by atoms with Crippen LogP contribution in [0.15, 0.2) is 59.5 Å². The Balaban J connectivity index is 1.58. The van der Waals surface area contributed by atoms with Crippen molar-refractivity contribution in [2.24, 2.45) is 0 Å². The fourth-order valence-corrected chi connectivity index (χ4v) is 4.26. The molecule has 0 atom stereocenters. The topological polar surface area (TPSA) is 122 Å². The number of methoxy groups -OCH3 is 1. The van der Waals surface area contributed by atoms with Crippen LogP contribution < -0.4 is 20.1 Å². The molecule has 3 rings (SSSR count). The minimum Gasteiger partial charge on any atom is -0.496 e. The summed E-state index contributed by atoms with van der Waals surface area (Å²) in [6.07, 6.45) is 3.00. The molecule has 0 aliphatic carbocycles. The van der Waals surface area contributed by atoms with Crippen LogP contribution in [0.1, 0.15) is 22.5 Å². The quantitative estimate of drug-likeness (QED) is 0.324. The van der Waals surface area contributed by atoms with Crippen molar-refractivity contribution in [2.75, 3.05) is 17.1 Å². The Morgan fingerprint density at radius 2 is 1.66 bits per heavy atom. The van der Waals surface area contributed by atoms with E-state index in [9.17, 15) is 13.2 Å². The number of amides is 1. The predicted molar refractivity (Wildman–Crippen MR) is 140 cm³/mol. The monoisotopic (exact) mass is 511 g/mol. The van der Waals surface area contributed by atoms with Crippen LogP contribution in [0.3, 0.4) is 0 Å². The third-order valence-electron chi connectivity index (χ3n) is 4.73. The molecule has 0 saturated carbocycles. The van der Waals surface area contributed by atoms with Crippen LogP contribution in [0.4, 0.5) is 11.6 Å². The van der Waals surface area contributed by atoms with E-state index in [0.29, 0.717) is 17.1 Å². The average Bonchev–Trinajstić information content (AvgIpc) is 2.77. The van der Waals surface area contributed by atoms with Gasteiger partial charge in [-0.3, -0.25) is 10.1 Å². The number of hydrogen-bond acceptors (Lipinski definition) is 7. The Bertz CT molecular complexity index is 1370. The lowest BCUT2D eigenvalue weighted by Crippen LogP contribution is -2.32. The van der Waals surface area contributed by atoms with E-state index in [2.05, 4.69) is 25.3 Å². The summed E-state index contributed by atoms with van der Waals surface area (Å²) < 4.78 is 32.9. The molecule has 1 heterocycles. The van der Waals surface area contributed by atoms with Crippen LogP contribution in [0.2, 0.25) is 0 Å². The summed E-state index contributed by atoms with van der Waals surface area (Å²) in [6.45, 7) is 5.44. The SMILES string of the molecule is COc1cc(/C=C/C(=O)NC(=S)Nc2ccc(S(=O)(=O)Nc3nc(C)cc(C)n3)cc2)ccc1C. The zero-order valence-electron chi connectivity index (χ0n) is 19.6. The lowest BCUT2D eigenvalue weighted by atomic mass is 10.1. The van der Waals surface area contributed by atoms with Crippen molar-refractivity contribution in [2.45, 2.75) is 25.7 Å². The zero-order chi connectivity index (χ0) is 25.6. The number of aryl methyl sites for hydroxylation is 3. The van der Waals surface area contributed by atoms with Gasteiger partial charge in [-0.15, -0.1) is 0 Å². The predicted octanol–water partition coefficient (Wildman–Crippen LogP) is 3.74. The van der Waals surface area contributed by atoms with Gasteiger partial charge in [0.05, 0.1) is 12.0 Å². The van der Waals surface area contributed by atoms with Crippen molar-refractivity contribution in [3.05, 3.63) is 77.1 Å². The average molecular weight is 512 g/mol. The largest absolute Gasteiger partial charge is 0.496 e. The number of hydrogen-bond donors (Lipinski definition) is 3. The van der Waals surface area contributed by atoms with Gasteiger partial charge < -0.3 is 10.1 Å². The molecule has 1 amide bonds. The molecule has 3 aromatic rings. The highest BCUT2D eigenvalue weighted by Crippen LogP contribution is 2.20. The second kappa shape index (κ2) is 11.1. The molecule has 0 aliphatic rings. The van der Waals surface area contributed by atoms with Crippen LogP contribution >= 0.6 is 12.2 Å². The molecule has 0 radical (unpaired) electrons. The number of carbonyl (C=O) groups excluding carboxylic acids is 1. The Morgan fingerprint density at radius 3 is 2.29 bits per heavy atom. The van der Waals surface area contributed by atoms with E-state index in [1.165, 1.54) is 30.3 Å². The Hall–Kier alpha value is -3.83.